The number of rotatable bonds is 4. The largest absolute Gasteiger partial charge is 0.508 e. The van der Waals surface area contributed by atoms with Crippen LogP contribution < -0.4 is 15.2 Å². The number of ether oxygens (including phenoxy) is 2. The van der Waals surface area contributed by atoms with Crippen LogP contribution in [0, 0.1) is 0 Å². The molecule has 4 rings (SSSR count). The van der Waals surface area contributed by atoms with Crippen molar-refractivity contribution in [2.75, 3.05) is 14.2 Å². The van der Waals surface area contributed by atoms with E-state index in [2.05, 4.69) is 11.9 Å². The van der Waals surface area contributed by atoms with E-state index in [1.807, 2.05) is 0 Å². The summed E-state index contributed by atoms with van der Waals surface area (Å²) >= 11 is 3.64. The van der Waals surface area contributed by atoms with Gasteiger partial charge in [0.2, 0.25) is 34.5 Å². The van der Waals surface area contributed by atoms with Crippen LogP contribution in [0.15, 0.2) is 48.5 Å². The van der Waals surface area contributed by atoms with E-state index in [-0.39, 0.29) is 69.3 Å². The minimum absolute atomic E-state index is 0. The zero-order chi connectivity index (χ0) is 36.6. The van der Waals surface area contributed by atoms with Crippen molar-refractivity contribution in [1.82, 2.24) is 0 Å². The third kappa shape index (κ3) is 14.6. The van der Waals surface area contributed by atoms with Crippen LogP contribution in [0.5, 0.6) is 80.5 Å². The molecule has 18 N–H and O–H groups in total. The van der Waals surface area contributed by atoms with Gasteiger partial charge in [0.1, 0.15) is 11.5 Å². The van der Waals surface area contributed by atoms with Crippen molar-refractivity contribution in [3.8, 4) is 80.5 Å². The van der Waals surface area contributed by atoms with E-state index in [9.17, 15) is 4.79 Å². The zero-order valence-electron chi connectivity index (χ0n) is 25.8. The summed E-state index contributed by atoms with van der Waals surface area (Å²) in [6, 6.07) is 10.2. The van der Waals surface area contributed by atoms with Crippen molar-refractivity contribution >= 4 is 47.4 Å². The minimum atomic E-state index is -1.14. The first-order chi connectivity index (χ1) is 22.0. The van der Waals surface area contributed by atoms with Gasteiger partial charge in [0.15, 0.2) is 34.5 Å². The van der Waals surface area contributed by atoms with Crippen molar-refractivity contribution in [3.63, 3.8) is 0 Å². The van der Waals surface area contributed by atoms with Crippen LogP contribution in [0.2, 0.25) is 0 Å². The van der Waals surface area contributed by atoms with E-state index in [1.165, 1.54) is 50.6 Å². The molecule has 0 amide bonds. The molecule has 0 aliphatic heterocycles. The number of carboxylic acid groups (broad SMARTS) is 1. The number of nitrogens with two attached hydrogens (primary N) is 1. The molecule has 0 unspecified atom stereocenters. The first-order valence-corrected chi connectivity index (χ1v) is 12.5. The Hall–Kier alpha value is -5.28. The second kappa shape index (κ2) is 23.1. The fourth-order valence-corrected chi connectivity index (χ4v) is 2.96. The average Bonchev–Trinajstić information content (AvgIpc) is 3.05. The number of phenols is 12. The standard InChI is InChI=1S/C8H10O4.C7H9NO2.C7H6O4.C6H6O6.ClHO.Na.H2O/c1-11-7-3-5(9)6(10)4-8(7)12-2;8-4-5-1-6(9)3-7(10)2-5;8-5-2-1-4(7(10)11)3-6(5)9;7-1-2(8)4(10)6(12)5(11)3(1)9;1-2;;/h3-4,9-10H,1-2H3;1-3,9-10H,4,8H2;1-3,8-9H,(H,10,11);7-12H;2H;;1H2. The molecule has 0 fully saturated rings. The first kappa shape index (κ1) is 48.1. The number of aromatic hydroxyl groups is 12. The van der Waals surface area contributed by atoms with Crippen LogP contribution in [0.3, 0.4) is 0 Å². The fraction of sp³-hybridized carbons (Fsp3) is 0.107. The summed E-state index contributed by atoms with van der Waals surface area (Å²) in [5, 5.41) is 115. The fourth-order valence-electron chi connectivity index (χ4n) is 2.96. The molecule has 4 aromatic carbocycles. The molecule has 0 atom stereocenters. The molecule has 0 aromatic heterocycles. The molecule has 49 heavy (non-hydrogen) atoms. The Morgan fingerprint density at radius 1 is 0.592 bits per heavy atom. The molecule has 21 heteroatoms. The molecule has 0 bridgehead atoms. The molecule has 0 heterocycles. The topological polar surface area (TPSA) is 376 Å². The van der Waals surface area contributed by atoms with Gasteiger partial charge in [-0.25, -0.2) is 4.79 Å². The predicted molar refractivity (Wildman–Crippen MR) is 171 cm³/mol. The van der Waals surface area contributed by atoms with Gasteiger partial charge in [0.05, 0.1) is 31.6 Å². The molecule has 4 aromatic rings. The number of aromatic carboxylic acids is 1. The molecule has 0 aliphatic rings. The van der Waals surface area contributed by atoms with Gasteiger partial charge in [0.25, 0.3) is 0 Å². The number of carbonyl (C=O) groups is 1. The van der Waals surface area contributed by atoms with E-state index in [0.717, 1.165) is 17.7 Å². The van der Waals surface area contributed by atoms with Gasteiger partial charge in [-0.2, -0.15) is 0 Å². The van der Waals surface area contributed by atoms with E-state index in [4.69, 9.17) is 86.3 Å². The maximum atomic E-state index is 10.3. The second-order valence-corrected chi connectivity index (χ2v) is 8.36. The molecule has 1 radical (unpaired) electrons. The van der Waals surface area contributed by atoms with Gasteiger partial charge < -0.3 is 87.1 Å². The summed E-state index contributed by atoms with van der Waals surface area (Å²) in [5.74, 6) is -8.07. The second-order valence-electron chi connectivity index (χ2n) is 8.36. The molecular weight excluding hydrogens is 697 g/mol. The van der Waals surface area contributed by atoms with Crippen LogP contribution in [0.25, 0.3) is 0 Å². The quantitative estimate of drug-likeness (QED) is 0.0799. The Morgan fingerprint density at radius 3 is 1.18 bits per heavy atom. The van der Waals surface area contributed by atoms with Gasteiger partial charge in [-0.05, 0) is 35.9 Å². The number of carboxylic acids is 1. The number of hydrogen-bond donors (Lipinski definition) is 15. The molecule has 0 saturated heterocycles. The maximum absolute atomic E-state index is 10.3. The van der Waals surface area contributed by atoms with Crippen molar-refractivity contribution in [3.05, 3.63) is 59.7 Å². The van der Waals surface area contributed by atoms with Gasteiger partial charge in [-0.3, -0.25) is 4.66 Å². The minimum Gasteiger partial charge on any atom is -0.508 e. The Labute approximate surface area is 303 Å². The maximum Gasteiger partial charge on any atom is 0.335 e. The summed E-state index contributed by atoms with van der Waals surface area (Å²) in [4.78, 5) is 10.3. The van der Waals surface area contributed by atoms with Gasteiger partial charge in [-0.1, -0.05) is 0 Å². The molecule has 0 saturated carbocycles. The van der Waals surface area contributed by atoms with Gasteiger partial charge in [0, 0.05) is 54.3 Å². The van der Waals surface area contributed by atoms with E-state index in [0.29, 0.717) is 18.0 Å². The third-order valence-electron chi connectivity index (χ3n) is 5.25. The molecule has 267 valence electrons. The Bertz CT molecular complexity index is 1490. The van der Waals surface area contributed by atoms with Gasteiger partial charge >= 0.3 is 5.97 Å². The third-order valence-corrected chi connectivity index (χ3v) is 5.25. The normalized spacial score (nSPS) is 9.00. The summed E-state index contributed by atoms with van der Waals surface area (Å²) in [6.45, 7) is 0.321. The number of halogens is 1. The van der Waals surface area contributed by atoms with Crippen molar-refractivity contribution < 1.29 is 90.8 Å². The monoisotopic (exact) mass is 730 g/mol. The van der Waals surface area contributed by atoms with Crippen LogP contribution in [0.4, 0.5) is 0 Å². The molecule has 0 spiro atoms. The summed E-state index contributed by atoms with van der Waals surface area (Å²) in [5.41, 5.74) is 5.93. The van der Waals surface area contributed by atoms with Crippen LogP contribution >= 0.6 is 11.9 Å². The van der Waals surface area contributed by atoms with E-state index >= 15 is 0 Å². The Balaban J connectivity index is -0.000000559. The number of benzene rings is 4. The van der Waals surface area contributed by atoms with Crippen molar-refractivity contribution in [2.24, 2.45) is 5.73 Å². The molecule has 0 aliphatic carbocycles. The average molecular weight is 731 g/mol. The number of methoxy groups -OCH3 is 2. The van der Waals surface area contributed by atoms with Crippen LogP contribution in [-0.4, -0.2) is 126 Å². The number of hydrogen-bond acceptors (Lipinski definition) is 17. The SMILES string of the molecule is COc1cc(O)c(O)cc1OC.NCc1cc(O)cc(O)c1.O.O=C(O)c1ccc(O)c(O)c1.OCl.Oc1c(O)c(O)c(O)c(O)c1O.[Na]. The van der Waals surface area contributed by atoms with Crippen molar-refractivity contribution in [1.29, 1.82) is 0 Å². The smallest absolute Gasteiger partial charge is 0.335 e. The van der Waals surface area contributed by atoms with E-state index in [1.54, 1.807) is 0 Å². The predicted octanol–water partition coefficient (Wildman–Crippen LogP) is 1.31. The van der Waals surface area contributed by atoms with Crippen LogP contribution in [-0.2, 0) is 6.54 Å². The summed E-state index contributed by atoms with van der Waals surface area (Å²) < 4.78 is 16.2. The Morgan fingerprint density at radius 2 is 0.918 bits per heavy atom. The van der Waals surface area contributed by atoms with Crippen molar-refractivity contribution in [2.45, 2.75) is 6.54 Å². The molecular formula is C28H34ClNNaO18. The van der Waals surface area contributed by atoms with E-state index < -0.39 is 46.2 Å². The number of phenolic OH excluding ortho intramolecular Hbond substituents is 12. The van der Waals surface area contributed by atoms with Crippen LogP contribution in [0.1, 0.15) is 15.9 Å². The first-order valence-electron chi connectivity index (χ1n) is 12.1. The molecule has 19 nitrogen and oxygen atoms in total. The zero-order valence-corrected chi connectivity index (χ0v) is 28.5. The summed E-state index contributed by atoms with van der Waals surface area (Å²) in [6.07, 6.45) is 0. The van der Waals surface area contributed by atoms with Gasteiger partial charge in [-0.15, -0.1) is 0 Å². The summed E-state index contributed by atoms with van der Waals surface area (Å²) in [7, 11) is 2.91. The Kier molecular flexibility index (Phi) is 22.7.